The fourth-order valence-corrected chi connectivity index (χ4v) is 3.52. The molecule has 0 aliphatic heterocycles. The molecule has 1 N–H and O–H groups in total. The predicted molar refractivity (Wildman–Crippen MR) is 130 cm³/mol. The Kier molecular flexibility index (Phi) is 7.04. The Morgan fingerprint density at radius 3 is 2.26 bits per heavy atom. The van der Waals surface area contributed by atoms with Crippen molar-refractivity contribution in [2.24, 2.45) is 0 Å². The fourth-order valence-electron chi connectivity index (χ4n) is 3.26. The highest BCUT2D eigenvalue weighted by Crippen LogP contribution is 2.33. The van der Waals surface area contributed by atoms with Gasteiger partial charge in [0, 0.05) is 17.2 Å². The zero-order chi connectivity index (χ0) is 24.1. The summed E-state index contributed by atoms with van der Waals surface area (Å²) in [6.07, 6.45) is 0.718. The van der Waals surface area contributed by atoms with Gasteiger partial charge in [0.15, 0.2) is 17.5 Å². The Morgan fingerprint density at radius 2 is 1.62 bits per heavy atom. The zero-order valence-corrected chi connectivity index (χ0v) is 19.4. The van der Waals surface area contributed by atoms with Crippen LogP contribution in [-0.4, -0.2) is 39.7 Å². The molecule has 0 fully saturated rings. The maximum atomic E-state index is 12.3. The number of aromatic hydroxyl groups is 1. The molecule has 0 unspecified atom stereocenters. The molecule has 0 radical (unpaired) electrons. The van der Waals surface area contributed by atoms with E-state index in [1.165, 1.54) is 13.2 Å². The number of hydrogen-bond acceptors (Lipinski definition) is 7. The quantitative estimate of drug-likeness (QED) is 0.337. The molecular weight excluding hydrogens is 454 g/mol. The number of halogens is 1. The van der Waals surface area contributed by atoms with Crippen molar-refractivity contribution in [1.29, 1.82) is 0 Å². The van der Waals surface area contributed by atoms with Gasteiger partial charge in [0.2, 0.25) is 0 Å². The summed E-state index contributed by atoms with van der Waals surface area (Å²) in [6, 6.07) is 19.2. The van der Waals surface area contributed by atoms with E-state index in [4.69, 9.17) is 21.1 Å². The van der Waals surface area contributed by atoms with Crippen molar-refractivity contribution in [2.75, 3.05) is 13.7 Å². The topological polar surface area (TPSA) is 94.4 Å². The van der Waals surface area contributed by atoms with Crippen molar-refractivity contribution in [3.05, 3.63) is 77.3 Å². The molecule has 0 atom stereocenters. The van der Waals surface area contributed by atoms with Crippen molar-refractivity contribution in [2.45, 2.75) is 13.3 Å². The van der Waals surface area contributed by atoms with Gasteiger partial charge >= 0.3 is 5.97 Å². The van der Waals surface area contributed by atoms with Crippen molar-refractivity contribution in [3.8, 4) is 45.7 Å². The third kappa shape index (κ3) is 5.00. The standard InChI is InChI=1S/C26H22ClN3O4/c1-3-13-34-26(32)19-11-9-17(14-21(19)27)24-28-23(16-7-5-4-6-8-16)29-25(30-24)20-12-10-18(33-2)15-22(20)31/h4-12,14-15,31H,3,13H2,1-2H3. The van der Waals surface area contributed by atoms with E-state index in [0.29, 0.717) is 35.1 Å². The maximum absolute atomic E-state index is 12.3. The van der Waals surface area contributed by atoms with Crippen molar-refractivity contribution < 1.29 is 19.4 Å². The minimum atomic E-state index is -0.483. The molecular formula is C26H22ClN3O4. The van der Waals surface area contributed by atoms with E-state index < -0.39 is 5.97 Å². The maximum Gasteiger partial charge on any atom is 0.339 e. The van der Waals surface area contributed by atoms with Crippen LogP contribution in [0.3, 0.4) is 0 Å². The Hall–Kier alpha value is -3.97. The highest BCUT2D eigenvalue weighted by Gasteiger charge is 2.17. The van der Waals surface area contributed by atoms with Crippen molar-refractivity contribution in [3.63, 3.8) is 0 Å². The number of hydrogen-bond donors (Lipinski definition) is 1. The summed E-state index contributed by atoms with van der Waals surface area (Å²) in [6.45, 7) is 2.24. The second-order valence-corrected chi connectivity index (χ2v) is 7.79. The first-order valence-corrected chi connectivity index (χ1v) is 11.0. The van der Waals surface area contributed by atoms with Gasteiger partial charge in [-0.2, -0.15) is 0 Å². The van der Waals surface area contributed by atoms with Crippen LogP contribution in [0.25, 0.3) is 34.2 Å². The lowest BCUT2D eigenvalue weighted by Gasteiger charge is -2.11. The summed E-state index contributed by atoms with van der Waals surface area (Å²) in [5, 5.41) is 10.8. The van der Waals surface area contributed by atoms with E-state index in [-0.39, 0.29) is 22.2 Å². The molecule has 1 heterocycles. The van der Waals surface area contributed by atoms with Gasteiger partial charge in [-0.1, -0.05) is 54.9 Å². The number of rotatable bonds is 7. The highest BCUT2D eigenvalue weighted by molar-refractivity contribution is 6.33. The Labute approximate surface area is 202 Å². The number of benzene rings is 3. The van der Waals surface area contributed by atoms with E-state index >= 15 is 0 Å². The first-order valence-electron chi connectivity index (χ1n) is 10.7. The molecule has 7 nitrogen and oxygen atoms in total. The Bertz CT molecular complexity index is 1330. The number of esters is 1. The molecule has 8 heteroatoms. The zero-order valence-electron chi connectivity index (χ0n) is 18.7. The lowest BCUT2D eigenvalue weighted by Crippen LogP contribution is -2.07. The summed E-state index contributed by atoms with van der Waals surface area (Å²) in [5.74, 6) is 1.06. The number of aromatic nitrogens is 3. The molecule has 34 heavy (non-hydrogen) atoms. The van der Waals surface area contributed by atoms with Gasteiger partial charge in [0.05, 0.1) is 29.9 Å². The van der Waals surface area contributed by atoms with Gasteiger partial charge in [-0.25, -0.2) is 19.7 Å². The molecule has 0 aliphatic rings. The number of carbonyl (C=O) groups excluding carboxylic acids is 1. The summed E-state index contributed by atoms with van der Waals surface area (Å²) in [5.41, 5.74) is 2.06. The number of phenols is 1. The fraction of sp³-hybridized carbons (Fsp3) is 0.154. The Morgan fingerprint density at radius 1 is 0.912 bits per heavy atom. The van der Waals surface area contributed by atoms with E-state index in [1.807, 2.05) is 37.3 Å². The van der Waals surface area contributed by atoms with Gasteiger partial charge in [-0.15, -0.1) is 0 Å². The van der Waals surface area contributed by atoms with Crippen LogP contribution in [0, 0.1) is 0 Å². The normalized spacial score (nSPS) is 10.7. The lowest BCUT2D eigenvalue weighted by molar-refractivity contribution is 0.0505. The molecule has 0 bridgehead atoms. The first-order chi connectivity index (χ1) is 16.5. The lowest BCUT2D eigenvalue weighted by atomic mass is 10.1. The van der Waals surface area contributed by atoms with Gasteiger partial charge < -0.3 is 14.6 Å². The van der Waals surface area contributed by atoms with Gasteiger partial charge in [-0.3, -0.25) is 0 Å². The largest absolute Gasteiger partial charge is 0.507 e. The predicted octanol–water partition coefficient (Wildman–Crippen LogP) is 5.81. The molecule has 4 rings (SSSR count). The molecule has 3 aromatic carbocycles. The van der Waals surface area contributed by atoms with Gasteiger partial charge in [0.1, 0.15) is 11.5 Å². The average Bonchev–Trinajstić information content (AvgIpc) is 2.87. The van der Waals surface area contributed by atoms with Crippen LogP contribution in [0.4, 0.5) is 0 Å². The van der Waals surface area contributed by atoms with E-state index in [0.717, 1.165) is 12.0 Å². The molecule has 4 aromatic rings. The van der Waals surface area contributed by atoms with Crippen LogP contribution in [0.2, 0.25) is 5.02 Å². The molecule has 0 saturated heterocycles. The minimum Gasteiger partial charge on any atom is -0.507 e. The monoisotopic (exact) mass is 475 g/mol. The van der Waals surface area contributed by atoms with Crippen molar-refractivity contribution in [1.82, 2.24) is 15.0 Å². The summed E-state index contributed by atoms with van der Waals surface area (Å²) < 4.78 is 10.4. The highest BCUT2D eigenvalue weighted by atomic mass is 35.5. The molecule has 172 valence electrons. The van der Waals surface area contributed by atoms with E-state index in [2.05, 4.69) is 15.0 Å². The van der Waals surface area contributed by atoms with Crippen LogP contribution in [0.15, 0.2) is 66.7 Å². The average molecular weight is 476 g/mol. The van der Waals surface area contributed by atoms with Crippen LogP contribution >= 0.6 is 11.6 Å². The SMILES string of the molecule is CCCOC(=O)c1ccc(-c2nc(-c3ccccc3)nc(-c3ccc(OC)cc3O)n2)cc1Cl. The van der Waals surface area contributed by atoms with E-state index in [9.17, 15) is 9.90 Å². The van der Waals surface area contributed by atoms with E-state index in [1.54, 1.807) is 30.3 Å². The second-order valence-electron chi connectivity index (χ2n) is 7.39. The number of phenolic OH excluding ortho intramolecular Hbond substituents is 1. The second kappa shape index (κ2) is 10.3. The molecule has 0 saturated carbocycles. The van der Waals surface area contributed by atoms with Crippen LogP contribution in [-0.2, 0) is 4.74 Å². The molecule has 1 aromatic heterocycles. The summed E-state index contributed by atoms with van der Waals surface area (Å²) in [4.78, 5) is 26.0. The molecule has 0 amide bonds. The van der Waals surface area contributed by atoms with Gasteiger partial charge in [-0.05, 0) is 30.7 Å². The third-order valence-corrected chi connectivity index (χ3v) is 5.31. The smallest absolute Gasteiger partial charge is 0.339 e. The number of carbonyl (C=O) groups is 1. The first kappa shape index (κ1) is 23.2. The summed E-state index contributed by atoms with van der Waals surface area (Å²) in [7, 11) is 1.52. The number of nitrogens with zero attached hydrogens (tertiary/aromatic N) is 3. The van der Waals surface area contributed by atoms with Crippen molar-refractivity contribution >= 4 is 17.6 Å². The van der Waals surface area contributed by atoms with Crippen LogP contribution < -0.4 is 4.74 Å². The minimum absolute atomic E-state index is 0.0254. The summed E-state index contributed by atoms with van der Waals surface area (Å²) >= 11 is 6.40. The third-order valence-electron chi connectivity index (χ3n) is 5.00. The molecule has 0 spiro atoms. The van der Waals surface area contributed by atoms with Gasteiger partial charge in [0.25, 0.3) is 0 Å². The van der Waals surface area contributed by atoms with Crippen LogP contribution in [0.1, 0.15) is 23.7 Å². The van der Waals surface area contributed by atoms with Crippen LogP contribution in [0.5, 0.6) is 11.5 Å². The number of ether oxygens (including phenoxy) is 2. The Balaban J connectivity index is 1.82. The number of methoxy groups -OCH3 is 1. The molecule has 0 aliphatic carbocycles.